The second kappa shape index (κ2) is 30.7. The lowest BCUT2D eigenvalue weighted by Crippen LogP contribution is -2.32. The number of allylic oxidation sites excluding steroid dienone is 2. The van der Waals surface area contributed by atoms with Gasteiger partial charge in [0, 0.05) is 9.79 Å². The predicted octanol–water partition coefficient (Wildman–Crippen LogP) is 11.3. The highest BCUT2D eigenvalue weighted by atomic mass is 35.5. The number of nitrogens with two attached hydrogens (primary N) is 2. The van der Waals surface area contributed by atoms with Gasteiger partial charge in [0.05, 0.1) is 32.8 Å². The Bertz CT molecular complexity index is 1890. The number of halogens is 2. The highest BCUT2D eigenvalue weighted by Crippen LogP contribution is 2.26. The number of benzene rings is 4. The van der Waals surface area contributed by atoms with Gasteiger partial charge in [0.25, 0.3) is 11.8 Å². The van der Waals surface area contributed by atoms with Crippen LogP contribution in [0.15, 0.2) is 118 Å². The van der Waals surface area contributed by atoms with E-state index in [0.29, 0.717) is 44.0 Å². The lowest BCUT2D eigenvalue weighted by atomic mass is 10.3. The maximum atomic E-state index is 13.4. The number of nitrogens with one attached hydrogen (secondary N) is 4. The van der Waals surface area contributed by atoms with Gasteiger partial charge in [-0.3, -0.25) is 9.59 Å². The molecule has 328 valence electrons. The van der Waals surface area contributed by atoms with Crippen molar-refractivity contribution in [3.8, 4) is 11.5 Å². The van der Waals surface area contributed by atoms with Crippen molar-refractivity contribution in [3.63, 3.8) is 0 Å². The summed E-state index contributed by atoms with van der Waals surface area (Å²) in [7, 11) is 0. The Balaban J connectivity index is 0.00000410. The molecule has 60 heavy (non-hydrogen) atoms. The summed E-state index contributed by atoms with van der Waals surface area (Å²) in [5, 5.41) is 11.4. The summed E-state index contributed by atoms with van der Waals surface area (Å²) in [6.45, 7) is 18.1. The molecule has 0 aliphatic rings. The van der Waals surface area contributed by atoms with E-state index in [-0.39, 0.29) is 46.4 Å². The van der Waals surface area contributed by atoms with E-state index in [0.717, 1.165) is 0 Å². The first kappa shape index (κ1) is 54.6. The van der Waals surface area contributed by atoms with E-state index in [4.69, 9.17) is 53.6 Å². The summed E-state index contributed by atoms with van der Waals surface area (Å²) in [4.78, 5) is 41.2. The van der Waals surface area contributed by atoms with Gasteiger partial charge in [0.2, 0.25) is 0 Å². The highest BCUT2D eigenvalue weighted by Gasteiger charge is 2.22. The van der Waals surface area contributed by atoms with E-state index >= 15 is 0 Å². The van der Waals surface area contributed by atoms with Crippen molar-refractivity contribution in [2.75, 3.05) is 35.6 Å². The number of para-hydroxylation sites is 2. The van der Waals surface area contributed by atoms with Gasteiger partial charge in [-0.1, -0.05) is 103 Å². The summed E-state index contributed by atoms with van der Waals surface area (Å²) < 4.78 is 22.1. The number of rotatable bonds is 14. The summed E-state index contributed by atoms with van der Waals surface area (Å²) in [5.74, 6) is -1.25. The largest absolute Gasteiger partial charge is 0.518 e. The molecule has 0 heterocycles. The summed E-state index contributed by atoms with van der Waals surface area (Å²) in [5.41, 5.74) is 12.8. The lowest BCUT2D eigenvalue weighted by Gasteiger charge is -2.18. The van der Waals surface area contributed by atoms with Crippen LogP contribution in [0.1, 0.15) is 69.2 Å². The number of amides is 2. The van der Waals surface area contributed by atoms with Gasteiger partial charge in [-0.2, -0.15) is 0 Å². The molecule has 0 spiro atoms. The third-order valence-corrected chi connectivity index (χ3v) is 8.03. The summed E-state index contributed by atoms with van der Waals surface area (Å²) >= 11 is 21.0. The molecule has 4 rings (SSSR count). The summed E-state index contributed by atoms with van der Waals surface area (Å²) in [6.07, 6.45) is -1.28. The van der Waals surface area contributed by atoms with Crippen molar-refractivity contribution in [1.82, 2.24) is 10.6 Å². The van der Waals surface area contributed by atoms with Crippen LogP contribution in [0.4, 0.5) is 27.5 Å². The van der Waals surface area contributed by atoms with Crippen LogP contribution in [0, 0.1) is 0 Å². The van der Waals surface area contributed by atoms with Crippen molar-refractivity contribution < 1.29 is 33.3 Å². The number of ether oxygens (including phenoxy) is 4. The number of anilines is 4. The Morgan fingerprint density at radius 1 is 0.567 bits per heavy atom. The monoisotopic (exact) mass is 904 g/mol. The number of carbonyl (C=O) groups excluding carboxylic acids is 3. The van der Waals surface area contributed by atoms with Gasteiger partial charge in [-0.05, 0) is 74.5 Å². The molecule has 0 unspecified atom stereocenters. The third kappa shape index (κ3) is 18.7. The number of thiol groups is 2. The van der Waals surface area contributed by atoms with Crippen molar-refractivity contribution in [1.29, 1.82) is 0 Å². The zero-order valence-corrected chi connectivity index (χ0v) is 39.0. The molecule has 17 heteroatoms. The molecule has 0 saturated carbocycles. The number of hydrogen-bond acceptors (Lipinski definition) is 13. The molecule has 13 nitrogen and oxygen atoms in total. The molecule has 8 N–H and O–H groups in total. The smallest absolute Gasteiger partial charge is 0.471 e. The number of nitrogen functional groups attached to an aromatic ring is 2. The van der Waals surface area contributed by atoms with E-state index in [1.807, 2.05) is 55.4 Å². The zero-order valence-electron chi connectivity index (χ0n) is 35.7. The van der Waals surface area contributed by atoms with Crippen LogP contribution in [-0.2, 0) is 19.1 Å². The van der Waals surface area contributed by atoms with Crippen LogP contribution in [-0.4, -0.2) is 31.4 Å². The Labute approximate surface area is 375 Å². The molecule has 0 bridgehead atoms. The first-order chi connectivity index (χ1) is 28.8. The van der Waals surface area contributed by atoms with Gasteiger partial charge in [0.15, 0.2) is 13.5 Å². The normalized spacial score (nSPS) is 10.5. The van der Waals surface area contributed by atoms with Crippen LogP contribution in [0.25, 0.3) is 0 Å². The lowest BCUT2D eigenvalue weighted by molar-refractivity contribution is -0.114. The van der Waals surface area contributed by atoms with E-state index in [1.54, 1.807) is 84.9 Å². The first-order valence-electron chi connectivity index (χ1n) is 19.2. The molecular formula is C43H58Cl2N6O7S2. The fourth-order valence-corrected chi connectivity index (χ4v) is 5.10. The minimum atomic E-state index is -1.28. The van der Waals surface area contributed by atoms with Crippen LogP contribution in [0.5, 0.6) is 11.5 Å². The minimum absolute atomic E-state index is 0.212. The van der Waals surface area contributed by atoms with E-state index in [2.05, 4.69) is 46.5 Å². The number of carbonyl (C=O) groups is 3. The second-order valence-electron chi connectivity index (χ2n) is 10.6. The average molecular weight is 906 g/mol. The van der Waals surface area contributed by atoms with Gasteiger partial charge in [0.1, 0.15) is 34.4 Å². The zero-order chi connectivity index (χ0) is 45.8. The van der Waals surface area contributed by atoms with Crippen LogP contribution >= 0.6 is 48.5 Å². The Hall–Kier alpha value is -5.35. The minimum Gasteiger partial charge on any atom is -0.471 e. The average Bonchev–Trinajstić information content (AvgIpc) is 3.24. The number of hydrogen-bond donors (Lipinski definition) is 8. The topological polar surface area (TPSA) is 188 Å². The third-order valence-electron chi connectivity index (χ3n) is 6.82. The molecule has 0 aliphatic heterocycles. The first-order valence-corrected chi connectivity index (χ1v) is 20.8. The highest BCUT2D eigenvalue weighted by molar-refractivity contribution is 7.80. The fourth-order valence-electron chi connectivity index (χ4n) is 4.30. The Morgan fingerprint density at radius 2 is 0.900 bits per heavy atom. The van der Waals surface area contributed by atoms with Crippen molar-refractivity contribution in [3.05, 3.63) is 118 Å². The van der Waals surface area contributed by atoms with Gasteiger partial charge >= 0.3 is 6.16 Å². The van der Waals surface area contributed by atoms with Crippen molar-refractivity contribution >= 4 is 89.2 Å². The standard InChI is InChI=1S/C35H34Cl2N6O7S2.4C2H6/c1-19(31(33(44)42-27-9-5-3-7-23(27)36)40-17-47-29-13-11-21(51)15-25(29)38)49-35(46)50-20(2)32(34(45)43-28-10-6-4-8-24(28)37)41-18-48-30-14-12-22(52)16-26(30)39;4*1-2/h3-16,40-41,51-52H,17-18,38-39H2,1-2H3,(H,42,44)(H,43,45);4*1-2H3/b31-19-,32-20-;;;;. The van der Waals surface area contributed by atoms with E-state index in [1.165, 1.54) is 13.8 Å². The SMILES string of the molecule is C/C(OC(=O)O/C(C)=C(\NCOc1ccc(S)cc1N)C(=O)Nc1ccccc1Cl)=C(/NCOc1ccc(S)cc1N)C(=O)Nc1ccccc1Cl.CC.CC.CC.CC. The van der Waals surface area contributed by atoms with E-state index < -0.39 is 18.0 Å². The second-order valence-corrected chi connectivity index (χ2v) is 12.4. The molecule has 0 aliphatic carbocycles. The molecule has 4 aromatic rings. The predicted molar refractivity (Wildman–Crippen MR) is 252 cm³/mol. The van der Waals surface area contributed by atoms with Crippen molar-refractivity contribution in [2.45, 2.75) is 79.0 Å². The summed E-state index contributed by atoms with van der Waals surface area (Å²) in [6, 6.07) is 22.8. The molecule has 0 saturated heterocycles. The molecule has 0 atom stereocenters. The van der Waals surface area contributed by atoms with E-state index in [9.17, 15) is 14.4 Å². The van der Waals surface area contributed by atoms with Gasteiger partial charge in [-0.25, -0.2) is 4.79 Å². The molecular weight excluding hydrogens is 848 g/mol. The molecule has 0 fully saturated rings. The maximum Gasteiger partial charge on any atom is 0.518 e. The molecule has 0 aromatic heterocycles. The maximum absolute atomic E-state index is 13.4. The Kier molecular flexibility index (Phi) is 27.9. The van der Waals surface area contributed by atoms with Crippen LogP contribution < -0.4 is 42.2 Å². The van der Waals surface area contributed by atoms with Crippen LogP contribution in [0.3, 0.4) is 0 Å². The molecule has 4 aromatic carbocycles. The van der Waals surface area contributed by atoms with Crippen LogP contribution in [0.2, 0.25) is 10.0 Å². The fraction of sp³-hybridized carbons (Fsp3) is 0.279. The quantitative estimate of drug-likeness (QED) is 0.0150. The van der Waals surface area contributed by atoms with Crippen molar-refractivity contribution in [2.24, 2.45) is 0 Å². The van der Waals surface area contributed by atoms with Gasteiger partial charge < -0.3 is 51.7 Å². The molecule has 2 amide bonds. The Morgan fingerprint density at radius 3 is 1.22 bits per heavy atom. The molecule has 0 radical (unpaired) electrons. The van der Waals surface area contributed by atoms with Gasteiger partial charge in [-0.15, -0.1) is 25.3 Å².